The van der Waals surface area contributed by atoms with Crippen LogP contribution in [0.25, 0.3) is 0 Å². The topological polar surface area (TPSA) is 73.0 Å². The first-order valence-electron chi connectivity index (χ1n) is 6.86. The molecule has 0 radical (unpaired) electrons. The average Bonchev–Trinajstić information content (AvgIpc) is 3.02. The summed E-state index contributed by atoms with van der Waals surface area (Å²) in [5.74, 6) is 2.01. The van der Waals surface area contributed by atoms with E-state index < -0.39 is 0 Å². The third kappa shape index (κ3) is 2.33. The van der Waals surface area contributed by atoms with E-state index in [1.807, 2.05) is 12.4 Å². The fraction of sp³-hybridized carbons (Fsp3) is 0.500. The van der Waals surface area contributed by atoms with Crippen molar-refractivity contribution >= 4 is 5.91 Å². The van der Waals surface area contributed by atoms with Gasteiger partial charge in [-0.1, -0.05) is 5.16 Å². The zero-order valence-electron chi connectivity index (χ0n) is 11.7. The molecule has 0 saturated carbocycles. The molecule has 0 saturated heterocycles. The van der Waals surface area contributed by atoms with E-state index >= 15 is 0 Å². The number of hydrogen-bond acceptors (Lipinski definition) is 4. The molecule has 0 fully saturated rings. The summed E-state index contributed by atoms with van der Waals surface area (Å²) >= 11 is 0. The van der Waals surface area contributed by atoms with Crippen LogP contribution in [0.4, 0.5) is 0 Å². The second-order valence-corrected chi connectivity index (χ2v) is 5.30. The fourth-order valence-electron chi connectivity index (χ4n) is 2.72. The number of carbonyl (C=O) groups is 1. The molecule has 2 aromatic heterocycles. The van der Waals surface area contributed by atoms with E-state index in [0.29, 0.717) is 29.5 Å². The van der Waals surface area contributed by atoms with Crippen LogP contribution >= 0.6 is 0 Å². The van der Waals surface area contributed by atoms with E-state index in [2.05, 4.69) is 20.0 Å². The molecule has 1 N–H and O–H groups in total. The van der Waals surface area contributed by atoms with Gasteiger partial charge in [0.15, 0.2) is 0 Å². The molecule has 2 aromatic rings. The van der Waals surface area contributed by atoms with Crippen LogP contribution in [0.3, 0.4) is 0 Å². The Labute approximate surface area is 117 Å². The minimum Gasteiger partial charge on any atom is -0.361 e. The van der Waals surface area contributed by atoms with Gasteiger partial charge in [-0.3, -0.25) is 4.79 Å². The van der Waals surface area contributed by atoms with E-state index in [9.17, 15) is 4.79 Å². The maximum atomic E-state index is 12.2. The van der Waals surface area contributed by atoms with Crippen molar-refractivity contribution < 1.29 is 9.32 Å². The Morgan fingerprint density at radius 3 is 3.15 bits per heavy atom. The lowest BCUT2D eigenvalue weighted by molar-refractivity contribution is 0.0942. The van der Waals surface area contributed by atoms with Gasteiger partial charge in [0.2, 0.25) is 0 Å². The number of carbonyl (C=O) groups excluding carboxylic acids is 1. The third-order valence-corrected chi connectivity index (χ3v) is 3.86. The predicted octanol–water partition coefficient (Wildman–Crippen LogP) is 1.48. The summed E-state index contributed by atoms with van der Waals surface area (Å²) in [4.78, 5) is 16.5. The fourth-order valence-corrected chi connectivity index (χ4v) is 2.72. The Morgan fingerprint density at radius 1 is 1.55 bits per heavy atom. The molecule has 1 aliphatic heterocycles. The minimum absolute atomic E-state index is 0.102. The van der Waals surface area contributed by atoms with E-state index in [4.69, 9.17) is 4.52 Å². The van der Waals surface area contributed by atoms with Crippen molar-refractivity contribution in [3.05, 3.63) is 35.2 Å². The second-order valence-electron chi connectivity index (χ2n) is 5.30. The number of imidazole rings is 1. The molecule has 6 nitrogen and oxygen atoms in total. The Morgan fingerprint density at radius 2 is 2.40 bits per heavy atom. The van der Waals surface area contributed by atoms with Gasteiger partial charge in [0, 0.05) is 31.9 Å². The number of nitrogens with one attached hydrogen (secondary N) is 1. The van der Waals surface area contributed by atoms with Crippen LogP contribution in [0.1, 0.15) is 34.1 Å². The average molecular weight is 274 g/mol. The summed E-state index contributed by atoms with van der Waals surface area (Å²) in [6.45, 7) is 5.17. The van der Waals surface area contributed by atoms with Gasteiger partial charge in [0.1, 0.15) is 17.1 Å². The molecule has 20 heavy (non-hydrogen) atoms. The molecule has 0 aliphatic carbocycles. The van der Waals surface area contributed by atoms with Gasteiger partial charge in [0.05, 0.1) is 5.69 Å². The van der Waals surface area contributed by atoms with Gasteiger partial charge >= 0.3 is 0 Å². The molecular formula is C14H18N4O2. The van der Waals surface area contributed by atoms with Crippen LogP contribution in [0.5, 0.6) is 0 Å². The summed E-state index contributed by atoms with van der Waals surface area (Å²) in [5.41, 5.74) is 1.20. The molecule has 1 amide bonds. The zero-order chi connectivity index (χ0) is 14.1. The van der Waals surface area contributed by atoms with E-state index in [1.165, 1.54) is 0 Å². The van der Waals surface area contributed by atoms with Crippen molar-refractivity contribution in [1.82, 2.24) is 20.0 Å². The number of hydrogen-bond donors (Lipinski definition) is 1. The van der Waals surface area contributed by atoms with Gasteiger partial charge in [-0.15, -0.1) is 0 Å². The molecule has 0 bridgehead atoms. The van der Waals surface area contributed by atoms with Crippen molar-refractivity contribution in [2.24, 2.45) is 5.92 Å². The Bertz CT molecular complexity index is 609. The quantitative estimate of drug-likeness (QED) is 0.920. The van der Waals surface area contributed by atoms with Crippen molar-refractivity contribution in [3.63, 3.8) is 0 Å². The minimum atomic E-state index is -0.102. The highest BCUT2D eigenvalue weighted by atomic mass is 16.5. The van der Waals surface area contributed by atoms with Gasteiger partial charge in [-0.2, -0.15) is 0 Å². The molecule has 0 spiro atoms. The maximum Gasteiger partial charge on any atom is 0.256 e. The third-order valence-electron chi connectivity index (χ3n) is 3.86. The monoisotopic (exact) mass is 274 g/mol. The second kappa shape index (κ2) is 5.11. The van der Waals surface area contributed by atoms with Gasteiger partial charge in [-0.05, 0) is 26.2 Å². The van der Waals surface area contributed by atoms with E-state index in [1.54, 1.807) is 13.8 Å². The smallest absolute Gasteiger partial charge is 0.256 e. The molecule has 1 aliphatic rings. The van der Waals surface area contributed by atoms with Crippen LogP contribution in [-0.2, 0) is 13.0 Å². The first-order valence-corrected chi connectivity index (χ1v) is 6.86. The van der Waals surface area contributed by atoms with Crippen LogP contribution in [0.2, 0.25) is 0 Å². The van der Waals surface area contributed by atoms with Gasteiger partial charge < -0.3 is 14.4 Å². The maximum absolute atomic E-state index is 12.2. The summed E-state index contributed by atoms with van der Waals surface area (Å²) in [7, 11) is 0. The normalized spacial score (nSPS) is 17.8. The molecule has 1 atom stereocenters. The Kier molecular flexibility index (Phi) is 3.30. The number of amides is 1. The first kappa shape index (κ1) is 12.9. The lowest BCUT2D eigenvalue weighted by Gasteiger charge is -2.23. The highest BCUT2D eigenvalue weighted by Crippen LogP contribution is 2.19. The molecule has 1 unspecified atom stereocenters. The molecule has 3 heterocycles. The number of rotatable bonds is 3. The molecular weight excluding hydrogens is 256 g/mol. The predicted molar refractivity (Wildman–Crippen MR) is 72.3 cm³/mol. The number of fused-ring (bicyclic) bond motifs is 1. The zero-order valence-corrected chi connectivity index (χ0v) is 11.7. The summed E-state index contributed by atoms with van der Waals surface area (Å²) < 4.78 is 7.19. The highest BCUT2D eigenvalue weighted by molar-refractivity contribution is 5.96. The number of aryl methyl sites for hydroxylation is 3. The summed E-state index contributed by atoms with van der Waals surface area (Å²) in [6, 6.07) is 0. The summed E-state index contributed by atoms with van der Waals surface area (Å²) in [5, 5.41) is 6.79. The largest absolute Gasteiger partial charge is 0.361 e. The van der Waals surface area contributed by atoms with Crippen molar-refractivity contribution in [2.45, 2.75) is 33.2 Å². The highest BCUT2D eigenvalue weighted by Gasteiger charge is 2.22. The lowest BCUT2D eigenvalue weighted by Crippen LogP contribution is -2.33. The van der Waals surface area contributed by atoms with Crippen LogP contribution < -0.4 is 5.32 Å². The Hall–Kier alpha value is -2.11. The SMILES string of the molecule is Cc1noc(C)c1C(=O)NCC1CCn2ccnc2C1. The number of nitrogens with zero attached hydrogens (tertiary/aromatic N) is 3. The molecule has 6 heteroatoms. The molecule has 106 valence electrons. The van der Waals surface area contributed by atoms with Crippen LogP contribution in [-0.4, -0.2) is 27.2 Å². The first-order chi connectivity index (χ1) is 9.65. The van der Waals surface area contributed by atoms with Crippen molar-refractivity contribution in [2.75, 3.05) is 6.54 Å². The molecule has 3 rings (SSSR count). The van der Waals surface area contributed by atoms with Crippen LogP contribution in [0.15, 0.2) is 16.9 Å². The van der Waals surface area contributed by atoms with E-state index in [0.717, 1.165) is 25.2 Å². The van der Waals surface area contributed by atoms with Crippen LogP contribution in [0, 0.1) is 19.8 Å². The van der Waals surface area contributed by atoms with Crippen molar-refractivity contribution in [1.29, 1.82) is 0 Å². The standard InChI is InChI=1S/C14H18N4O2/c1-9-13(10(2)20-17-9)14(19)16-8-11-3-5-18-6-4-15-12(18)7-11/h4,6,11H,3,5,7-8H2,1-2H3,(H,16,19). The Balaban J connectivity index is 1.60. The van der Waals surface area contributed by atoms with Crippen molar-refractivity contribution in [3.8, 4) is 0 Å². The van der Waals surface area contributed by atoms with Gasteiger partial charge in [-0.25, -0.2) is 4.98 Å². The lowest BCUT2D eigenvalue weighted by atomic mass is 9.97. The molecule has 0 aromatic carbocycles. The van der Waals surface area contributed by atoms with E-state index in [-0.39, 0.29) is 5.91 Å². The summed E-state index contributed by atoms with van der Waals surface area (Å²) in [6.07, 6.45) is 5.81. The van der Waals surface area contributed by atoms with Gasteiger partial charge in [0.25, 0.3) is 5.91 Å². The number of aromatic nitrogens is 3.